The van der Waals surface area contributed by atoms with Gasteiger partial charge in [0.1, 0.15) is 0 Å². The molecule has 0 spiro atoms. The summed E-state index contributed by atoms with van der Waals surface area (Å²) in [5.41, 5.74) is 3.56. The van der Waals surface area contributed by atoms with Crippen molar-refractivity contribution in [3.8, 4) is 40.4 Å². The van der Waals surface area contributed by atoms with Gasteiger partial charge in [0, 0.05) is 90.2 Å². The lowest BCUT2D eigenvalue weighted by atomic mass is 10.1. The quantitative estimate of drug-likeness (QED) is 0.156. The Morgan fingerprint density at radius 1 is 0.324 bits per heavy atom. The Morgan fingerprint density at radius 2 is 0.622 bits per heavy atom. The molecule has 0 atom stereocenters. The van der Waals surface area contributed by atoms with Gasteiger partial charge in [-0.05, 0) is 172 Å². The lowest BCUT2D eigenvalue weighted by molar-refractivity contribution is 0.100. The molecule has 0 N–H and O–H groups in total. The van der Waals surface area contributed by atoms with Crippen LogP contribution in [0.25, 0.3) is 118 Å². The second-order valence-electron chi connectivity index (χ2n) is 17.3. The number of benzene rings is 4. The Hall–Kier alpha value is -0.860. The molecule has 0 radical (unpaired) electrons. The maximum atomic E-state index is 11.8. The highest BCUT2D eigenvalue weighted by atomic mass is 79.9. The van der Waals surface area contributed by atoms with Gasteiger partial charge in [-0.1, -0.05) is 56.1 Å². The topological polar surface area (TPSA) is 34.1 Å². The molecule has 0 aliphatic heterocycles. The molecule has 10 aromatic heterocycles. The van der Waals surface area contributed by atoms with E-state index in [1.165, 1.54) is 125 Å². The molecular weight excluding hydrogens is 1640 g/mol. The second-order valence-corrected chi connectivity index (χ2v) is 34.7. The molecule has 0 saturated heterocycles. The lowest BCUT2D eigenvalue weighted by Gasteiger charge is -2.05. The van der Waals surface area contributed by atoms with E-state index in [0.29, 0.717) is 11.1 Å². The molecule has 14 rings (SSSR count). The minimum atomic E-state index is 0.0571. The standard InChI is InChI=1S/C30H14Br4O2S4.C24H10Br4S6/c1-11(35)13-3-5-15(19(31)7-13)25-23(33)29-27(39-25)17-9-22-18(10-21(17)37-29)28-30(38-22)24(34)26(40-28)16-6-4-14(12(2)36)8-20(16)32;1-7-3-11(25)19(29-7)23-15(27)21-17(33-23)9-5-14-10(6-13(9)31-21)18-22(32-14)16(28)24(34-18)20-12(26)4-8(2)30-20/h3-10H,1-2H3;3-6H,1-2H3. The van der Waals surface area contributed by atoms with Crippen molar-refractivity contribution in [2.24, 2.45) is 0 Å². The predicted molar refractivity (Wildman–Crippen MR) is 365 cm³/mol. The summed E-state index contributed by atoms with van der Waals surface area (Å²) >= 11 is 49.1. The van der Waals surface area contributed by atoms with E-state index >= 15 is 0 Å². The van der Waals surface area contributed by atoms with E-state index in [0.717, 1.165) is 38.8 Å². The van der Waals surface area contributed by atoms with E-state index < -0.39 is 0 Å². The number of aryl methyl sites for hydroxylation is 2. The summed E-state index contributed by atoms with van der Waals surface area (Å²) < 4.78 is 24.6. The monoisotopic (exact) mass is 1660 g/mol. The minimum absolute atomic E-state index is 0.0571. The molecule has 14 aromatic rings. The zero-order valence-electron chi connectivity index (χ0n) is 37.9. The average molecular weight is 1660 g/mol. The first-order valence-corrected chi connectivity index (χ1v) is 36.5. The van der Waals surface area contributed by atoms with Crippen molar-refractivity contribution < 1.29 is 9.59 Å². The van der Waals surface area contributed by atoms with Crippen molar-refractivity contribution in [1.82, 2.24) is 0 Å². The molecule has 10 heterocycles. The van der Waals surface area contributed by atoms with Crippen molar-refractivity contribution >= 4 is 330 Å². The van der Waals surface area contributed by atoms with Crippen LogP contribution in [0.2, 0.25) is 0 Å². The minimum Gasteiger partial charge on any atom is -0.295 e. The van der Waals surface area contributed by atoms with Crippen LogP contribution in [0.15, 0.2) is 109 Å². The number of rotatable bonds is 6. The Morgan fingerprint density at radius 3 is 0.892 bits per heavy atom. The fourth-order valence-corrected chi connectivity index (χ4v) is 29.3. The Balaban J connectivity index is 0.000000145. The SMILES string of the molecule is CC(=O)c1ccc(-c2sc3c(sc4cc5c(cc43)sc3c(Br)c(-c4ccc(C(C)=O)cc4Br)sc35)c2Br)c(Br)c1.Cc1cc(Br)c(-c2sc3c(sc4cc5c(cc43)sc3c(Br)c(-c4sc(C)cc4Br)sc35)c2Br)s1. The molecule has 0 unspecified atom stereocenters. The van der Waals surface area contributed by atoms with E-state index in [9.17, 15) is 9.59 Å². The van der Waals surface area contributed by atoms with Gasteiger partial charge in [-0.25, -0.2) is 0 Å². The van der Waals surface area contributed by atoms with Gasteiger partial charge < -0.3 is 0 Å². The summed E-state index contributed by atoms with van der Waals surface area (Å²) in [5.74, 6) is 0.114. The molecule has 0 fully saturated rings. The summed E-state index contributed by atoms with van der Waals surface area (Å²) in [4.78, 5) is 33.9. The number of Topliss-reactive ketones (excluding diaryl/α,β-unsaturated/α-hetero) is 2. The molecule has 0 amide bonds. The Bertz CT molecular complexity index is 4470. The molecule has 74 heavy (non-hydrogen) atoms. The van der Waals surface area contributed by atoms with Crippen molar-refractivity contribution in [3.63, 3.8) is 0 Å². The molecule has 20 heteroatoms. The highest BCUT2D eigenvalue weighted by molar-refractivity contribution is 9.12. The van der Waals surface area contributed by atoms with Crippen LogP contribution in [0, 0.1) is 13.8 Å². The third kappa shape index (κ3) is 8.65. The van der Waals surface area contributed by atoms with Gasteiger partial charge in [-0.3, -0.25) is 9.59 Å². The first-order chi connectivity index (χ1) is 35.4. The van der Waals surface area contributed by atoms with Gasteiger partial charge in [-0.2, -0.15) is 0 Å². The van der Waals surface area contributed by atoms with Gasteiger partial charge in [0.25, 0.3) is 0 Å². The third-order valence-electron chi connectivity index (χ3n) is 12.5. The van der Waals surface area contributed by atoms with Crippen molar-refractivity contribution in [1.29, 1.82) is 0 Å². The summed E-state index contributed by atoms with van der Waals surface area (Å²) in [6, 6.07) is 25.6. The van der Waals surface area contributed by atoms with Gasteiger partial charge in [-0.15, -0.1) is 113 Å². The van der Waals surface area contributed by atoms with Crippen LogP contribution < -0.4 is 0 Å². The molecule has 0 aliphatic carbocycles. The highest BCUT2D eigenvalue weighted by Gasteiger charge is 2.26. The fourth-order valence-electron chi connectivity index (χ4n) is 9.02. The van der Waals surface area contributed by atoms with Crippen LogP contribution in [0.1, 0.15) is 44.3 Å². The van der Waals surface area contributed by atoms with E-state index in [2.05, 4.69) is 178 Å². The average Bonchev–Trinajstić information content (AvgIpc) is 4.27. The second kappa shape index (κ2) is 20.0. The molecule has 0 bridgehead atoms. The van der Waals surface area contributed by atoms with Gasteiger partial charge in [0.2, 0.25) is 0 Å². The van der Waals surface area contributed by atoms with Crippen molar-refractivity contribution in [3.05, 3.63) is 129 Å². The first kappa shape index (κ1) is 52.5. The zero-order valence-corrected chi connectivity index (χ0v) is 58.7. The zero-order chi connectivity index (χ0) is 51.5. The molecule has 2 nitrogen and oxygen atoms in total. The van der Waals surface area contributed by atoms with Crippen LogP contribution in [-0.4, -0.2) is 11.6 Å². The highest BCUT2D eigenvalue weighted by Crippen LogP contribution is 2.58. The Labute approximate surface area is 529 Å². The molecule has 0 aliphatic rings. The molecule has 0 saturated carbocycles. The van der Waals surface area contributed by atoms with E-state index in [1.54, 1.807) is 36.5 Å². The fraction of sp³-hybridized carbons (Fsp3) is 0.0741. The van der Waals surface area contributed by atoms with Crippen LogP contribution in [-0.2, 0) is 0 Å². The number of fused-ring (bicyclic) bond motifs is 12. The van der Waals surface area contributed by atoms with Crippen LogP contribution in [0.3, 0.4) is 0 Å². The number of hydrogen-bond donors (Lipinski definition) is 0. The largest absolute Gasteiger partial charge is 0.295 e. The number of halogens is 8. The van der Waals surface area contributed by atoms with Crippen molar-refractivity contribution in [2.75, 3.05) is 0 Å². The number of thiophene rings is 10. The van der Waals surface area contributed by atoms with E-state index in [4.69, 9.17) is 0 Å². The van der Waals surface area contributed by atoms with Crippen LogP contribution in [0.4, 0.5) is 0 Å². The van der Waals surface area contributed by atoms with E-state index in [1.807, 2.05) is 127 Å². The number of ketones is 2. The normalized spacial score (nSPS) is 12.2. The summed E-state index contributed by atoms with van der Waals surface area (Å²) in [5, 5.41) is 5.29. The number of carbonyl (C=O) groups excluding carboxylic acids is 2. The summed E-state index contributed by atoms with van der Waals surface area (Å²) in [6.45, 7) is 7.51. The smallest absolute Gasteiger partial charge is 0.159 e. The van der Waals surface area contributed by atoms with Crippen LogP contribution in [0.5, 0.6) is 0 Å². The summed E-state index contributed by atoms with van der Waals surface area (Å²) in [7, 11) is 0. The molecule has 368 valence electrons. The van der Waals surface area contributed by atoms with Crippen molar-refractivity contribution in [2.45, 2.75) is 27.7 Å². The maximum absolute atomic E-state index is 11.8. The number of hydrogen-bond acceptors (Lipinski definition) is 12. The van der Waals surface area contributed by atoms with Gasteiger partial charge in [0.05, 0.1) is 84.8 Å². The van der Waals surface area contributed by atoms with Gasteiger partial charge in [0.15, 0.2) is 11.6 Å². The number of carbonyl (C=O) groups is 2. The Kier molecular flexibility index (Phi) is 14.2. The maximum Gasteiger partial charge on any atom is 0.159 e. The molecular formula is C54H24Br8O2S10. The van der Waals surface area contributed by atoms with Crippen LogP contribution >= 0.6 is 241 Å². The third-order valence-corrected chi connectivity index (χ3v) is 33.4. The molecule has 4 aromatic carbocycles. The lowest BCUT2D eigenvalue weighted by Crippen LogP contribution is -1.91. The summed E-state index contributed by atoms with van der Waals surface area (Å²) in [6.07, 6.45) is 0. The first-order valence-electron chi connectivity index (χ1n) is 21.9. The van der Waals surface area contributed by atoms with E-state index in [-0.39, 0.29) is 11.6 Å². The predicted octanol–water partition coefficient (Wildman–Crippen LogP) is 27.0. The van der Waals surface area contributed by atoms with Gasteiger partial charge >= 0.3 is 0 Å².